The molecular formula is C18H29NO2. The van der Waals surface area contributed by atoms with Gasteiger partial charge in [-0.25, -0.2) is 0 Å². The molecule has 1 aliphatic heterocycles. The molecule has 0 aromatic heterocycles. The van der Waals surface area contributed by atoms with Gasteiger partial charge in [-0.05, 0) is 23.8 Å². The quantitative estimate of drug-likeness (QED) is 0.744. The lowest BCUT2D eigenvalue weighted by Crippen LogP contribution is -2.38. The van der Waals surface area contributed by atoms with Gasteiger partial charge in [0.25, 0.3) is 0 Å². The summed E-state index contributed by atoms with van der Waals surface area (Å²) < 4.78 is 11.0. The topological polar surface area (TPSA) is 30.5 Å². The van der Waals surface area contributed by atoms with Crippen molar-refractivity contribution in [3.8, 4) is 5.75 Å². The van der Waals surface area contributed by atoms with Crippen molar-refractivity contribution in [2.75, 3.05) is 33.4 Å². The summed E-state index contributed by atoms with van der Waals surface area (Å²) in [5.74, 6) is 2.21. The first-order chi connectivity index (χ1) is 10.1. The highest BCUT2D eigenvalue weighted by molar-refractivity contribution is 5.39. The van der Waals surface area contributed by atoms with E-state index >= 15 is 0 Å². The van der Waals surface area contributed by atoms with Crippen LogP contribution in [0.1, 0.15) is 38.7 Å². The second-order valence-electron chi connectivity index (χ2n) is 6.73. The number of fused-ring (bicyclic) bond motifs is 1. The van der Waals surface area contributed by atoms with E-state index in [-0.39, 0.29) is 5.41 Å². The zero-order chi connectivity index (χ0) is 15.3. The van der Waals surface area contributed by atoms with E-state index in [4.69, 9.17) is 9.47 Å². The number of ether oxygens (including phenoxy) is 2. The number of rotatable bonds is 8. The number of para-hydroxylation sites is 1. The molecule has 1 aromatic carbocycles. The maximum Gasteiger partial charge on any atom is 0.122 e. The van der Waals surface area contributed by atoms with E-state index in [2.05, 4.69) is 50.4 Å². The van der Waals surface area contributed by atoms with E-state index < -0.39 is 0 Å². The molecule has 0 saturated carbocycles. The summed E-state index contributed by atoms with van der Waals surface area (Å²) in [6.07, 6.45) is 1.15. The molecule has 1 aromatic rings. The first-order valence-electron chi connectivity index (χ1n) is 7.98. The van der Waals surface area contributed by atoms with Crippen molar-refractivity contribution >= 4 is 0 Å². The molecule has 118 valence electrons. The van der Waals surface area contributed by atoms with Crippen molar-refractivity contribution in [2.24, 2.45) is 11.3 Å². The van der Waals surface area contributed by atoms with Gasteiger partial charge in [0.15, 0.2) is 0 Å². The van der Waals surface area contributed by atoms with E-state index in [1.165, 1.54) is 5.56 Å². The van der Waals surface area contributed by atoms with Crippen molar-refractivity contribution in [2.45, 2.75) is 33.1 Å². The van der Waals surface area contributed by atoms with Gasteiger partial charge >= 0.3 is 0 Å². The molecule has 0 fully saturated rings. The highest BCUT2D eigenvalue weighted by atomic mass is 16.5. The molecule has 2 rings (SSSR count). The largest absolute Gasteiger partial charge is 0.493 e. The fourth-order valence-corrected chi connectivity index (χ4v) is 3.02. The summed E-state index contributed by atoms with van der Waals surface area (Å²) in [6.45, 7) is 10.5. The average Bonchev–Trinajstić information content (AvgIpc) is 2.87. The normalized spacial score (nSPS) is 20.1. The van der Waals surface area contributed by atoms with Gasteiger partial charge < -0.3 is 14.8 Å². The van der Waals surface area contributed by atoms with Crippen LogP contribution in [0.4, 0.5) is 0 Å². The highest BCUT2D eigenvalue weighted by Crippen LogP contribution is 2.43. The van der Waals surface area contributed by atoms with E-state index in [9.17, 15) is 0 Å². The summed E-state index contributed by atoms with van der Waals surface area (Å²) in [4.78, 5) is 0. The fraction of sp³-hybridized carbons (Fsp3) is 0.667. The minimum absolute atomic E-state index is 0.263. The fourth-order valence-electron chi connectivity index (χ4n) is 3.02. The first-order valence-corrected chi connectivity index (χ1v) is 7.98. The molecule has 3 heteroatoms. The molecule has 0 aliphatic carbocycles. The number of methoxy groups -OCH3 is 1. The maximum absolute atomic E-state index is 5.84. The smallest absolute Gasteiger partial charge is 0.122 e. The lowest BCUT2D eigenvalue weighted by atomic mass is 9.71. The van der Waals surface area contributed by atoms with Crippen LogP contribution in [0.25, 0.3) is 0 Å². The molecule has 2 atom stereocenters. The Morgan fingerprint density at radius 1 is 1.38 bits per heavy atom. The molecule has 0 saturated heterocycles. The van der Waals surface area contributed by atoms with Gasteiger partial charge in [0.05, 0.1) is 13.2 Å². The zero-order valence-electron chi connectivity index (χ0n) is 13.8. The Morgan fingerprint density at radius 2 is 2.14 bits per heavy atom. The molecule has 1 heterocycles. The van der Waals surface area contributed by atoms with Gasteiger partial charge in [-0.15, -0.1) is 0 Å². The van der Waals surface area contributed by atoms with E-state index in [0.717, 1.165) is 38.5 Å². The number of nitrogens with one attached hydrogen (secondary N) is 1. The molecule has 0 amide bonds. The molecule has 2 unspecified atom stereocenters. The van der Waals surface area contributed by atoms with Crippen LogP contribution in [0.2, 0.25) is 0 Å². The van der Waals surface area contributed by atoms with Crippen molar-refractivity contribution in [1.82, 2.24) is 5.32 Å². The van der Waals surface area contributed by atoms with Crippen LogP contribution in [0.15, 0.2) is 24.3 Å². The molecule has 0 bridgehead atoms. The third-order valence-corrected chi connectivity index (χ3v) is 4.92. The molecule has 0 radical (unpaired) electrons. The lowest BCUT2D eigenvalue weighted by molar-refractivity contribution is 0.153. The van der Waals surface area contributed by atoms with Crippen LogP contribution in [-0.4, -0.2) is 33.4 Å². The number of hydrogen-bond acceptors (Lipinski definition) is 3. The highest BCUT2D eigenvalue weighted by Gasteiger charge is 2.35. The Balaban J connectivity index is 2.00. The van der Waals surface area contributed by atoms with Crippen LogP contribution < -0.4 is 10.1 Å². The summed E-state index contributed by atoms with van der Waals surface area (Å²) >= 11 is 0. The summed E-state index contributed by atoms with van der Waals surface area (Å²) in [6, 6.07) is 8.46. The molecule has 1 aliphatic rings. The Kier molecular flexibility index (Phi) is 5.65. The standard InChI is InChI=1S/C18H29NO2/c1-14(2)18(3,13-19-9-10-20-4)11-15-12-21-17-8-6-5-7-16(15)17/h5-8,14-15,19H,9-13H2,1-4H3. The predicted molar refractivity (Wildman–Crippen MR) is 87.0 cm³/mol. The minimum atomic E-state index is 0.263. The molecule has 3 nitrogen and oxygen atoms in total. The summed E-state index contributed by atoms with van der Waals surface area (Å²) in [7, 11) is 1.75. The van der Waals surface area contributed by atoms with Gasteiger partial charge in [-0.2, -0.15) is 0 Å². The second kappa shape index (κ2) is 7.28. The first kappa shape index (κ1) is 16.3. The van der Waals surface area contributed by atoms with Gasteiger partial charge in [0.2, 0.25) is 0 Å². The third kappa shape index (κ3) is 3.98. The Morgan fingerprint density at radius 3 is 2.86 bits per heavy atom. The summed E-state index contributed by atoms with van der Waals surface area (Å²) in [5, 5.41) is 3.54. The SMILES string of the molecule is COCCNCC(C)(CC1COc2ccccc21)C(C)C. The summed E-state index contributed by atoms with van der Waals surface area (Å²) in [5.41, 5.74) is 1.64. The molecule has 0 spiro atoms. The van der Waals surface area contributed by atoms with Gasteiger partial charge in [-0.3, -0.25) is 0 Å². The Bertz CT molecular complexity index is 447. The second-order valence-corrected chi connectivity index (χ2v) is 6.73. The van der Waals surface area contributed by atoms with E-state index in [1.54, 1.807) is 7.11 Å². The van der Waals surface area contributed by atoms with Gasteiger partial charge in [0.1, 0.15) is 5.75 Å². The molecule has 21 heavy (non-hydrogen) atoms. The third-order valence-electron chi connectivity index (χ3n) is 4.92. The Labute approximate surface area is 129 Å². The zero-order valence-corrected chi connectivity index (χ0v) is 13.8. The Hall–Kier alpha value is -1.06. The van der Waals surface area contributed by atoms with Crippen LogP contribution in [0.5, 0.6) is 5.75 Å². The van der Waals surface area contributed by atoms with E-state index in [0.29, 0.717) is 11.8 Å². The predicted octanol–water partition coefficient (Wildman–Crippen LogP) is 3.45. The van der Waals surface area contributed by atoms with Gasteiger partial charge in [-0.1, -0.05) is 39.0 Å². The molecular weight excluding hydrogens is 262 g/mol. The number of hydrogen-bond donors (Lipinski definition) is 1. The van der Waals surface area contributed by atoms with Crippen LogP contribution >= 0.6 is 0 Å². The van der Waals surface area contributed by atoms with Crippen molar-refractivity contribution < 1.29 is 9.47 Å². The van der Waals surface area contributed by atoms with Gasteiger partial charge in [0, 0.05) is 31.7 Å². The van der Waals surface area contributed by atoms with E-state index in [1.807, 2.05) is 0 Å². The maximum atomic E-state index is 5.84. The van der Waals surface area contributed by atoms with Crippen LogP contribution in [-0.2, 0) is 4.74 Å². The minimum Gasteiger partial charge on any atom is -0.493 e. The number of benzene rings is 1. The molecule has 1 N–H and O–H groups in total. The van der Waals surface area contributed by atoms with Crippen molar-refractivity contribution in [1.29, 1.82) is 0 Å². The average molecular weight is 291 g/mol. The monoisotopic (exact) mass is 291 g/mol. The van der Waals surface area contributed by atoms with Crippen molar-refractivity contribution in [3.63, 3.8) is 0 Å². The van der Waals surface area contributed by atoms with Crippen molar-refractivity contribution in [3.05, 3.63) is 29.8 Å². The lowest BCUT2D eigenvalue weighted by Gasteiger charge is -2.36. The van der Waals surface area contributed by atoms with Crippen LogP contribution in [0.3, 0.4) is 0 Å². The van der Waals surface area contributed by atoms with Crippen LogP contribution in [0, 0.1) is 11.3 Å².